The Labute approximate surface area is 126 Å². The normalized spacial score (nSPS) is 13.4. The van der Waals surface area contributed by atoms with E-state index in [1.54, 1.807) is 11.3 Å². The first-order chi connectivity index (χ1) is 9.40. The van der Waals surface area contributed by atoms with Gasteiger partial charge in [-0.3, -0.25) is 0 Å². The predicted octanol–water partition coefficient (Wildman–Crippen LogP) is 4.39. The highest BCUT2D eigenvalue weighted by Gasteiger charge is 2.17. The van der Waals surface area contributed by atoms with Gasteiger partial charge in [-0.1, -0.05) is 52.0 Å². The summed E-state index contributed by atoms with van der Waals surface area (Å²) < 4.78 is 0. The summed E-state index contributed by atoms with van der Waals surface area (Å²) >= 11 is 1.72. The summed E-state index contributed by atoms with van der Waals surface area (Å²) in [5.41, 5.74) is 9.77. The maximum atomic E-state index is 6.00. The van der Waals surface area contributed by atoms with Crippen molar-refractivity contribution in [3.8, 4) is 10.6 Å². The molecule has 0 aliphatic rings. The molecule has 1 aromatic heterocycles. The number of nitrogens with two attached hydrogens (primary N) is 1. The van der Waals surface area contributed by atoms with Gasteiger partial charge in [-0.25, -0.2) is 4.98 Å². The standard InChI is InChI=1S/C17H24N2S/c1-5-14(18)10-12-6-8-13(9-7-12)16-19-15(11-20-16)17(2,3)4/h6-9,11,14H,5,10,18H2,1-4H3. The number of aromatic nitrogens is 1. The van der Waals surface area contributed by atoms with Crippen molar-refractivity contribution < 1.29 is 0 Å². The number of thiazole rings is 1. The lowest BCUT2D eigenvalue weighted by Crippen LogP contribution is -2.21. The van der Waals surface area contributed by atoms with Crippen LogP contribution in [0.4, 0.5) is 0 Å². The average molecular weight is 288 g/mol. The fraction of sp³-hybridized carbons (Fsp3) is 0.471. The molecule has 2 nitrogen and oxygen atoms in total. The number of nitrogens with zero attached hydrogens (tertiary/aromatic N) is 1. The van der Waals surface area contributed by atoms with Crippen molar-refractivity contribution in [1.82, 2.24) is 4.98 Å². The molecule has 2 aromatic rings. The first-order valence-electron chi connectivity index (χ1n) is 7.21. The lowest BCUT2D eigenvalue weighted by molar-refractivity contribution is 0.573. The van der Waals surface area contributed by atoms with Crippen LogP contribution in [-0.4, -0.2) is 11.0 Å². The molecule has 3 heteroatoms. The van der Waals surface area contributed by atoms with Gasteiger partial charge in [0.1, 0.15) is 5.01 Å². The number of hydrogen-bond donors (Lipinski definition) is 1. The van der Waals surface area contributed by atoms with Gasteiger partial charge in [0, 0.05) is 22.4 Å². The van der Waals surface area contributed by atoms with Crippen molar-refractivity contribution in [2.75, 3.05) is 0 Å². The summed E-state index contributed by atoms with van der Waals surface area (Å²) in [4.78, 5) is 4.75. The van der Waals surface area contributed by atoms with E-state index in [4.69, 9.17) is 10.7 Å². The van der Waals surface area contributed by atoms with Crippen molar-refractivity contribution >= 4 is 11.3 Å². The van der Waals surface area contributed by atoms with Crippen molar-refractivity contribution in [3.63, 3.8) is 0 Å². The van der Waals surface area contributed by atoms with Gasteiger partial charge in [-0.05, 0) is 18.4 Å². The summed E-state index contributed by atoms with van der Waals surface area (Å²) in [5.74, 6) is 0. The SMILES string of the molecule is CCC(N)Cc1ccc(-c2nc(C(C)(C)C)cs2)cc1. The van der Waals surface area contributed by atoms with Crippen LogP contribution >= 0.6 is 11.3 Å². The number of hydrogen-bond acceptors (Lipinski definition) is 3. The third-order valence-corrected chi connectivity index (χ3v) is 4.39. The molecule has 0 amide bonds. The molecule has 1 aromatic carbocycles. The van der Waals surface area contributed by atoms with Crippen molar-refractivity contribution in [2.45, 2.75) is 52.0 Å². The lowest BCUT2D eigenvalue weighted by atomic mass is 9.93. The summed E-state index contributed by atoms with van der Waals surface area (Å²) in [6.45, 7) is 8.71. The number of benzene rings is 1. The van der Waals surface area contributed by atoms with Gasteiger partial charge in [-0.15, -0.1) is 11.3 Å². The Balaban J connectivity index is 2.16. The highest BCUT2D eigenvalue weighted by atomic mass is 32.1. The lowest BCUT2D eigenvalue weighted by Gasteiger charge is -2.14. The quantitative estimate of drug-likeness (QED) is 0.906. The Kier molecular flexibility index (Phi) is 4.61. The molecular weight excluding hydrogens is 264 g/mol. The average Bonchev–Trinajstić information content (AvgIpc) is 2.89. The molecule has 0 bridgehead atoms. The van der Waals surface area contributed by atoms with Gasteiger partial charge in [-0.2, -0.15) is 0 Å². The molecule has 108 valence electrons. The van der Waals surface area contributed by atoms with Crippen molar-refractivity contribution in [2.24, 2.45) is 5.73 Å². The van der Waals surface area contributed by atoms with E-state index in [9.17, 15) is 0 Å². The largest absolute Gasteiger partial charge is 0.327 e. The van der Waals surface area contributed by atoms with Crippen LogP contribution in [0.3, 0.4) is 0 Å². The van der Waals surface area contributed by atoms with E-state index in [1.807, 2.05) is 0 Å². The highest BCUT2D eigenvalue weighted by molar-refractivity contribution is 7.13. The Hall–Kier alpha value is -1.19. The zero-order chi connectivity index (χ0) is 14.8. The Morgan fingerprint density at radius 2 is 1.85 bits per heavy atom. The van der Waals surface area contributed by atoms with Crippen LogP contribution < -0.4 is 5.73 Å². The van der Waals surface area contributed by atoms with Crippen LogP contribution in [0.25, 0.3) is 10.6 Å². The third-order valence-electron chi connectivity index (χ3n) is 3.50. The van der Waals surface area contributed by atoms with E-state index < -0.39 is 0 Å². The van der Waals surface area contributed by atoms with Gasteiger partial charge in [0.2, 0.25) is 0 Å². The summed E-state index contributed by atoms with van der Waals surface area (Å²) in [5, 5.41) is 3.26. The van der Waals surface area contributed by atoms with Crippen molar-refractivity contribution in [3.05, 3.63) is 40.9 Å². The van der Waals surface area contributed by atoms with E-state index in [0.29, 0.717) is 0 Å². The van der Waals surface area contributed by atoms with Crippen LogP contribution in [0.15, 0.2) is 29.6 Å². The van der Waals surface area contributed by atoms with Crippen LogP contribution in [0.2, 0.25) is 0 Å². The first kappa shape index (κ1) is 15.2. The molecule has 0 spiro atoms. The van der Waals surface area contributed by atoms with E-state index in [-0.39, 0.29) is 11.5 Å². The fourth-order valence-electron chi connectivity index (χ4n) is 1.98. The first-order valence-corrected chi connectivity index (χ1v) is 8.09. The minimum absolute atomic E-state index is 0.114. The Bertz CT molecular complexity index is 549. The maximum Gasteiger partial charge on any atom is 0.123 e. The summed E-state index contributed by atoms with van der Waals surface area (Å²) in [6.07, 6.45) is 1.96. The summed E-state index contributed by atoms with van der Waals surface area (Å²) in [6, 6.07) is 8.91. The molecule has 0 fully saturated rings. The monoisotopic (exact) mass is 288 g/mol. The van der Waals surface area contributed by atoms with Gasteiger partial charge in [0.05, 0.1) is 5.69 Å². The maximum absolute atomic E-state index is 6.00. The zero-order valence-corrected chi connectivity index (χ0v) is 13.6. The van der Waals surface area contributed by atoms with Gasteiger partial charge >= 0.3 is 0 Å². The molecule has 1 heterocycles. The second-order valence-electron chi connectivity index (χ2n) is 6.36. The highest BCUT2D eigenvalue weighted by Crippen LogP contribution is 2.29. The smallest absolute Gasteiger partial charge is 0.123 e. The van der Waals surface area contributed by atoms with Crippen LogP contribution in [0.5, 0.6) is 0 Å². The summed E-state index contributed by atoms with van der Waals surface area (Å²) in [7, 11) is 0. The molecule has 1 unspecified atom stereocenters. The van der Waals surface area contributed by atoms with E-state index in [1.165, 1.54) is 11.1 Å². The van der Waals surface area contributed by atoms with Gasteiger partial charge in [0.15, 0.2) is 0 Å². The molecule has 0 radical (unpaired) electrons. The Morgan fingerprint density at radius 1 is 1.20 bits per heavy atom. The minimum Gasteiger partial charge on any atom is -0.327 e. The molecule has 1 atom stereocenters. The van der Waals surface area contributed by atoms with E-state index in [0.717, 1.165) is 23.5 Å². The second kappa shape index (κ2) is 6.06. The number of rotatable bonds is 4. The molecule has 2 N–H and O–H groups in total. The minimum atomic E-state index is 0.114. The fourth-order valence-corrected chi connectivity index (χ4v) is 3.03. The molecule has 0 aliphatic carbocycles. The molecule has 0 aliphatic heterocycles. The van der Waals surface area contributed by atoms with E-state index >= 15 is 0 Å². The van der Waals surface area contributed by atoms with Crippen LogP contribution in [0.1, 0.15) is 45.4 Å². The molecule has 2 rings (SSSR count). The van der Waals surface area contributed by atoms with Gasteiger partial charge < -0.3 is 5.73 Å². The second-order valence-corrected chi connectivity index (χ2v) is 7.22. The van der Waals surface area contributed by atoms with Crippen molar-refractivity contribution in [1.29, 1.82) is 0 Å². The zero-order valence-electron chi connectivity index (χ0n) is 12.8. The van der Waals surface area contributed by atoms with E-state index in [2.05, 4.69) is 57.3 Å². The van der Waals surface area contributed by atoms with Crippen LogP contribution in [0, 0.1) is 0 Å². The third kappa shape index (κ3) is 3.68. The van der Waals surface area contributed by atoms with Crippen LogP contribution in [-0.2, 0) is 11.8 Å². The molecular formula is C17H24N2S. The molecule has 20 heavy (non-hydrogen) atoms. The molecule has 0 saturated heterocycles. The Morgan fingerprint density at radius 3 is 2.35 bits per heavy atom. The van der Waals surface area contributed by atoms with Gasteiger partial charge in [0.25, 0.3) is 0 Å². The molecule has 0 saturated carbocycles. The topological polar surface area (TPSA) is 38.9 Å². The predicted molar refractivity (Wildman–Crippen MR) is 88.2 cm³/mol.